The standard InChI is InChI=1S/C16H22N2O/c1-18-14(11-16-7-4-10-19-16)8-9-15(18)12-17-13-5-2-3-6-13/h4,7-10,13,17H,2-3,5-6,11-12H2,1H3. The number of nitrogens with zero attached hydrogens (tertiary/aromatic N) is 1. The Morgan fingerprint density at radius 3 is 2.74 bits per heavy atom. The second-order valence-corrected chi connectivity index (χ2v) is 5.49. The highest BCUT2D eigenvalue weighted by molar-refractivity contribution is 5.20. The van der Waals surface area contributed by atoms with Crippen molar-refractivity contribution in [2.24, 2.45) is 7.05 Å². The van der Waals surface area contributed by atoms with Crippen molar-refractivity contribution in [2.75, 3.05) is 0 Å². The molecule has 2 heterocycles. The maximum atomic E-state index is 5.41. The predicted octanol–water partition coefficient (Wildman–Crippen LogP) is 3.24. The largest absolute Gasteiger partial charge is 0.469 e. The normalized spacial score (nSPS) is 16.3. The van der Waals surface area contributed by atoms with Crippen LogP contribution in [-0.4, -0.2) is 10.6 Å². The molecule has 0 aliphatic heterocycles. The molecule has 0 unspecified atom stereocenters. The molecule has 1 aliphatic rings. The van der Waals surface area contributed by atoms with E-state index in [0.717, 1.165) is 24.8 Å². The van der Waals surface area contributed by atoms with Crippen molar-refractivity contribution in [1.29, 1.82) is 0 Å². The SMILES string of the molecule is Cn1c(CNC2CCCC2)ccc1Cc1ccco1. The van der Waals surface area contributed by atoms with Gasteiger partial charge in [-0.15, -0.1) is 0 Å². The highest BCUT2D eigenvalue weighted by atomic mass is 16.3. The van der Waals surface area contributed by atoms with Crippen molar-refractivity contribution in [3.05, 3.63) is 47.7 Å². The van der Waals surface area contributed by atoms with Crippen LogP contribution in [0.3, 0.4) is 0 Å². The fraction of sp³-hybridized carbons (Fsp3) is 0.500. The molecule has 0 saturated heterocycles. The van der Waals surface area contributed by atoms with Crippen LogP contribution in [0, 0.1) is 0 Å². The molecule has 19 heavy (non-hydrogen) atoms. The van der Waals surface area contributed by atoms with Crippen LogP contribution in [0.15, 0.2) is 34.9 Å². The molecule has 102 valence electrons. The fourth-order valence-corrected chi connectivity index (χ4v) is 2.93. The molecule has 0 amide bonds. The fourth-order valence-electron chi connectivity index (χ4n) is 2.93. The maximum Gasteiger partial charge on any atom is 0.109 e. The summed E-state index contributed by atoms with van der Waals surface area (Å²) in [6, 6.07) is 9.13. The van der Waals surface area contributed by atoms with Gasteiger partial charge in [-0.3, -0.25) is 0 Å². The Morgan fingerprint density at radius 1 is 1.21 bits per heavy atom. The first-order chi connectivity index (χ1) is 9.33. The van der Waals surface area contributed by atoms with E-state index in [1.807, 2.05) is 12.1 Å². The van der Waals surface area contributed by atoms with Gasteiger partial charge in [0.05, 0.1) is 6.26 Å². The number of hydrogen-bond donors (Lipinski definition) is 1. The smallest absolute Gasteiger partial charge is 0.109 e. The molecule has 3 nitrogen and oxygen atoms in total. The van der Waals surface area contributed by atoms with Crippen LogP contribution in [0.5, 0.6) is 0 Å². The van der Waals surface area contributed by atoms with Crippen LogP contribution in [0.1, 0.15) is 42.8 Å². The lowest BCUT2D eigenvalue weighted by atomic mass is 10.2. The minimum absolute atomic E-state index is 0.725. The summed E-state index contributed by atoms with van der Waals surface area (Å²) in [6.45, 7) is 0.972. The number of hydrogen-bond acceptors (Lipinski definition) is 2. The molecule has 1 aliphatic carbocycles. The Balaban J connectivity index is 1.61. The lowest BCUT2D eigenvalue weighted by Crippen LogP contribution is -2.26. The molecule has 1 N–H and O–H groups in total. The zero-order valence-electron chi connectivity index (χ0n) is 11.6. The van der Waals surface area contributed by atoms with Crippen LogP contribution in [0.25, 0.3) is 0 Å². The van der Waals surface area contributed by atoms with E-state index in [1.54, 1.807) is 6.26 Å². The van der Waals surface area contributed by atoms with E-state index >= 15 is 0 Å². The van der Waals surface area contributed by atoms with Gasteiger partial charge in [0.25, 0.3) is 0 Å². The van der Waals surface area contributed by atoms with Crippen molar-refractivity contribution < 1.29 is 4.42 Å². The molecule has 1 fully saturated rings. The average molecular weight is 258 g/mol. The first kappa shape index (κ1) is 12.5. The zero-order chi connectivity index (χ0) is 13.1. The van der Waals surface area contributed by atoms with E-state index in [-0.39, 0.29) is 0 Å². The van der Waals surface area contributed by atoms with Crippen LogP contribution in [0.4, 0.5) is 0 Å². The van der Waals surface area contributed by atoms with Gasteiger partial charge in [-0.25, -0.2) is 0 Å². The van der Waals surface area contributed by atoms with Crippen LogP contribution < -0.4 is 5.32 Å². The third kappa shape index (κ3) is 2.92. The summed E-state index contributed by atoms with van der Waals surface area (Å²) in [5.74, 6) is 1.02. The predicted molar refractivity (Wildman–Crippen MR) is 76.0 cm³/mol. The van der Waals surface area contributed by atoms with Crippen molar-refractivity contribution in [3.8, 4) is 0 Å². The van der Waals surface area contributed by atoms with Gasteiger partial charge in [-0.05, 0) is 37.1 Å². The Hall–Kier alpha value is -1.48. The third-order valence-electron chi connectivity index (χ3n) is 4.19. The topological polar surface area (TPSA) is 30.1 Å². The second-order valence-electron chi connectivity index (χ2n) is 5.49. The van der Waals surface area contributed by atoms with Crippen molar-refractivity contribution >= 4 is 0 Å². The minimum Gasteiger partial charge on any atom is -0.469 e. The molecule has 3 heteroatoms. The molecule has 0 bridgehead atoms. The molecule has 2 aromatic heterocycles. The first-order valence-electron chi connectivity index (χ1n) is 7.22. The maximum absolute atomic E-state index is 5.41. The molecule has 0 aromatic carbocycles. The summed E-state index contributed by atoms with van der Waals surface area (Å²) >= 11 is 0. The summed E-state index contributed by atoms with van der Waals surface area (Å²) in [5, 5.41) is 3.67. The van der Waals surface area contributed by atoms with Gasteiger partial charge < -0.3 is 14.3 Å². The summed E-state index contributed by atoms with van der Waals surface area (Å²) in [4.78, 5) is 0. The van der Waals surface area contributed by atoms with E-state index in [2.05, 4.69) is 29.1 Å². The van der Waals surface area contributed by atoms with E-state index in [1.165, 1.54) is 37.1 Å². The highest BCUT2D eigenvalue weighted by Crippen LogP contribution is 2.19. The van der Waals surface area contributed by atoms with Gasteiger partial charge in [-0.2, -0.15) is 0 Å². The molecule has 3 rings (SSSR count). The van der Waals surface area contributed by atoms with Gasteiger partial charge >= 0.3 is 0 Å². The Kier molecular flexibility index (Phi) is 3.74. The third-order valence-corrected chi connectivity index (χ3v) is 4.19. The summed E-state index contributed by atoms with van der Waals surface area (Å²) in [5.41, 5.74) is 2.66. The molecule has 1 saturated carbocycles. The van der Waals surface area contributed by atoms with Crippen LogP contribution in [0.2, 0.25) is 0 Å². The van der Waals surface area contributed by atoms with Crippen LogP contribution >= 0.6 is 0 Å². The second kappa shape index (κ2) is 5.66. The Morgan fingerprint density at radius 2 is 2.00 bits per heavy atom. The van der Waals surface area contributed by atoms with Crippen LogP contribution in [-0.2, 0) is 20.0 Å². The monoisotopic (exact) mass is 258 g/mol. The Labute approximate surface area is 114 Å². The van der Waals surface area contributed by atoms with Gasteiger partial charge in [0.15, 0.2) is 0 Å². The summed E-state index contributed by atoms with van der Waals surface area (Å²) in [6.07, 6.45) is 8.05. The number of aromatic nitrogens is 1. The molecule has 2 aromatic rings. The van der Waals surface area contributed by atoms with Gasteiger partial charge in [0.2, 0.25) is 0 Å². The molecular weight excluding hydrogens is 236 g/mol. The zero-order valence-corrected chi connectivity index (χ0v) is 11.6. The first-order valence-corrected chi connectivity index (χ1v) is 7.22. The van der Waals surface area contributed by atoms with Crippen molar-refractivity contribution in [2.45, 2.75) is 44.7 Å². The minimum atomic E-state index is 0.725. The molecule has 0 atom stereocenters. The quantitative estimate of drug-likeness (QED) is 0.892. The summed E-state index contributed by atoms with van der Waals surface area (Å²) < 4.78 is 7.70. The van der Waals surface area contributed by atoms with E-state index in [0.29, 0.717) is 0 Å². The highest BCUT2D eigenvalue weighted by Gasteiger charge is 2.15. The van der Waals surface area contributed by atoms with Crippen molar-refractivity contribution in [3.63, 3.8) is 0 Å². The number of furan rings is 1. The number of rotatable bonds is 5. The van der Waals surface area contributed by atoms with E-state index in [9.17, 15) is 0 Å². The molecule has 0 spiro atoms. The van der Waals surface area contributed by atoms with Gasteiger partial charge in [0, 0.05) is 37.4 Å². The van der Waals surface area contributed by atoms with Crippen molar-refractivity contribution in [1.82, 2.24) is 9.88 Å². The van der Waals surface area contributed by atoms with E-state index < -0.39 is 0 Å². The molecule has 0 radical (unpaired) electrons. The summed E-state index contributed by atoms with van der Waals surface area (Å²) in [7, 11) is 2.14. The number of nitrogens with one attached hydrogen (secondary N) is 1. The van der Waals surface area contributed by atoms with Gasteiger partial charge in [-0.1, -0.05) is 12.8 Å². The lowest BCUT2D eigenvalue weighted by molar-refractivity contribution is 0.505. The average Bonchev–Trinajstić information content (AvgIpc) is 3.13. The molecular formula is C16H22N2O. The lowest BCUT2D eigenvalue weighted by Gasteiger charge is -2.13. The Bertz CT molecular complexity index is 507. The van der Waals surface area contributed by atoms with Gasteiger partial charge in [0.1, 0.15) is 5.76 Å². The van der Waals surface area contributed by atoms with E-state index in [4.69, 9.17) is 4.42 Å².